The number of hydrogen-bond donors (Lipinski definition) is 0. The molecular formula is C7H3ClNO2S-. The summed E-state index contributed by atoms with van der Waals surface area (Å²) in [5.74, 6) is 0. The van der Waals surface area contributed by atoms with E-state index in [2.05, 4.69) is 0 Å². The summed E-state index contributed by atoms with van der Waals surface area (Å²) in [5, 5.41) is 8.75. The van der Waals surface area contributed by atoms with E-state index in [0.717, 1.165) is 0 Å². The van der Waals surface area contributed by atoms with Gasteiger partial charge >= 0.3 is 0 Å². The lowest BCUT2D eigenvalue weighted by Gasteiger charge is -2.04. The molecule has 1 aromatic carbocycles. The van der Waals surface area contributed by atoms with Crippen molar-refractivity contribution in [2.45, 2.75) is 4.90 Å². The molecule has 0 aromatic heterocycles. The molecule has 3 nitrogen and oxygen atoms in total. The molecule has 0 saturated heterocycles. The molecule has 1 rings (SSSR count). The van der Waals surface area contributed by atoms with E-state index < -0.39 is 11.1 Å². The Bertz CT molecular complexity index is 372. The zero-order valence-electron chi connectivity index (χ0n) is 5.78. The van der Waals surface area contributed by atoms with Crippen LogP contribution in [0.1, 0.15) is 5.56 Å². The zero-order valence-corrected chi connectivity index (χ0v) is 7.35. The monoisotopic (exact) mass is 200 g/mol. The summed E-state index contributed by atoms with van der Waals surface area (Å²) in [5.41, 5.74) is 0.165. The first kappa shape index (κ1) is 9.20. The van der Waals surface area contributed by atoms with Crippen molar-refractivity contribution in [2.75, 3.05) is 0 Å². The Morgan fingerprint density at radius 2 is 2.25 bits per heavy atom. The number of hydrogen-bond acceptors (Lipinski definition) is 3. The summed E-state index contributed by atoms with van der Waals surface area (Å²) in [7, 11) is 0. The van der Waals surface area contributed by atoms with Crippen LogP contribution in [-0.2, 0) is 11.1 Å². The Balaban J connectivity index is 3.25. The zero-order chi connectivity index (χ0) is 9.14. The predicted molar refractivity (Wildman–Crippen MR) is 43.4 cm³/mol. The van der Waals surface area contributed by atoms with Crippen molar-refractivity contribution < 1.29 is 8.76 Å². The van der Waals surface area contributed by atoms with E-state index in [1.54, 1.807) is 6.07 Å². The highest BCUT2D eigenvalue weighted by atomic mass is 35.5. The Morgan fingerprint density at radius 1 is 1.58 bits per heavy atom. The molecule has 0 bridgehead atoms. The highest BCUT2D eigenvalue weighted by molar-refractivity contribution is 7.79. The first-order valence-corrected chi connectivity index (χ1v) is 4.39. The molecule has 1 unspecified atom stereocenters. The van der Waals surface area contributed by atoms with Gasteiger partial charge in [-0.1, -0.05) is 11.6 Å². The van der Waals surface area contributed by atoms with Crippen molar-refractivity contribution in [3.63, 3.8) is 0 Å². The summed E-state index contributed by atoms with van der Waals surface area (Å²) in [6, 6.07) is 5.73. The molecule has 0 fully saturated rings. The smallest absolute Gasteiger partial charge is 0.101 e. The second-order valence-electron chi connectivity index (χ2n) is 1.99. The number of rotatable bonds is 1. The molecule has 0 aliphatic rings. The maximum Gasteiger partial charge on any atom is 0.101 e. The number of nitrogens with zero attached hydrogens (tertiary/aromatic N) is 1. The molecule has 0 N–H and O–H groups in total. The van der Waals surface area contributed by atoms with Crippen LogP contribution in [0.25, 0.3) is 0 Å². The largest absolute Gasteiger partial charge is 0.768 e. The van der Waals surface area contributed by atoms with E-state index >= 15 is 0 Å². The Morgan fingerprint density at radius 3 is 2.75 bits per heavy atom. The van der Waals surface area contributed by atoms with Crippen LogP contribution in [0.3, 0.4) is 0 Å². The average molecular weight is 201 g/mol. The van der Waals surface area contributed by atoms with Gasteiger partial charge in [0.1, 0.15) is 6.07 Å². The van der Waals surface area contributed by atoms with Crippen LogP contribution in [0.15, 0.2) is 23.1 Å². The third-order valence-electron chi connectivity index (χ3n) is 1.25. The van der Waals surface area contributed by atoms with Crippen molar-refractivity contribution in [3.05, 3.63) is 28.8 Å². The van der Waals surface area contributed by atoms with Crippen LogP contribution >= 0.6 is 11.6 Å². The topological polar surface area (TPSA) is 63.9 Å². The van der Waals surface area contributed by atoms with E-state index in [9.17, 15) is 8.76 Å². The van der Waals surface area contributed by atoms with E-state index in [4.69, 9.17) is 16.9 Å². The summed E-state index contributed by atoms with van der Waals surface area (Å²) < 4.78 is 20.9. The molecule has 0 aliphatic heterocycles. The SMILES string of the molecule is N#Cc1cc(S(=O)[O-])ccc1Cl. The Labute approximate surface area is 76.9 Å². The molecule has 1 atom stereocenters. The molecule has 0 saturated carbocycles. The van der Waals surface area contributed by atoms with Crippen LogP contribution in [0, 0.1) is 11.3 Å². The van der Waals surface area contributed by atoms with E-state index in [-0.39, 0.29) is 15.5 Å². The predicted octanol–water partition coefficient (Wildman–Crippen LogP) is 1.45. The van der Waals surface area contributed by atoms with E-state index in [1.807, 2.05) is 0 Å². The van der Waals surface area contributed by atoms with Crippen molar-refractivity contribution in [1.29, 1.82) is 5.26 Å². The molecule has 5 heteroatoms. The second-order valence-corrected chi connectivity index (χ2v) is 3.34. The summed E-state index contributed by atoms with van der Waals surface area (Å²) in [4.78, 5) is 0.0657. The van der Waals surface area contributed by atoms with Crippen LogP contribution < -0.4 is 0 Å². The molecule has 62 valence electrons. The standard InChI is InChI=1S/C7H4ClNO2S/c8-7-2-1-6(12(10)11)3-5(7)4-9/h1-3H,(H,10,11)/p-1. The lowest BCUT2D eigenvalue weighted by molar-refractivity contribution is 0.537. The van der Waals surface area contributed by atoms with Crippen LogP contribution in [0.5, 0.6) is 0 Å². The first-order chi connectivity index (χ1) is 5.65. The maximum atomic E-state index is 10.4. The first-order valence-electron chi connectivity index (χ1n) is 2.94. The normalized spacial score (nSPS) is 12.1. The third-order valence-corrected chi connectivity index (χ3v) is 2.22. The van der Waals surface area contributed by atoms with Gasteiger partial charge in [-0.25, -0.2) is 0 Å². The van der Waals surface area contributed by atoms with Gasteiger partial charge in [0, 0.05) is 4.90 Å². The number of benzene rings is 1. The van der Waals surface area contributed by atoms with Gasteiger partial charge in [0.25, 0.3) is 0 Å². The molecule has 1 aromatic rings. The Kier molecular flexibility index (Phi) is 2.82. The van der Waals surface area contributed by atoms with Crippen molar-refractivity contribution in [1.82, 2.24) is 0 Å². The molecule has 0 heterocycles. The van der Waals surface area contributed by atoms with Gasteiger partial charge in [-0.3, -0.25) is 4.21 Å². The van der Waals surface area contributed by atoms with Crippen molar-refractivity contribution >= 4 is 22.7 Å². The number of nitriles is 1. The van der Waals surface area contributed by atoms with E-state index in [0.29, 0.717) is 0 Å². The van der Waals surface area contributed by atoms with Crippen molar-refractivity contribution in [3.8, 4) is 6.07 Å². The van der Waals surface area contributed by atoms with Gasteiger partial charge in [-0.2, -0.15) is 5.26 Å². The minimum Gasteiger partial charge on any atom is -0.768 e. The van der Waals surface area contributed by atoms with Crippen molar-refractivity contribution in [2.24, 2.45) is 0 Å². The van der Waals surface area contributed by atoms with Crippen LogP contribution in [0.4, 0.5) is 0 Å². The lowest BCUT2D eigenvalue weighted by atomic mass is 10.2. The quantitative estimate of drug-likeness (QED) is 0.645. The third kappa shape index (κ3) is 1.83. The summed E-state index contributed by atoms with van der Waals surface area (Å²) in [6.45, 7) is 0. The second kappa shape index (κ2) is 3.68. The van der Waals surface area contributed by atoms with Gasteiger partial charge in [0.2, 0.25) is 0 Å². The van der Waals surface area contributed by atoms with E-state index in [1.165, 1.54) is 18.2 Å². The molecule has 0 radical (unpaired) electrons. The van der Waals surface area contributed by atoms with Gasteiger partial charge in [0.05, 0.1) is 10.6 Å². The summed E-state index contributed by atoms with van der Waals surface area (Å²) in [6.07, 6.45) is 0. The maximum absolute atomic E-state index is 10.4. The Hall–Kier alpha value is -0.890. The highest BCUT2D eigenvalue weighted by Gasteiger charge is 2.00. The summed E-state index contributed by atoms with van der Waals surface area (Å²) >= 11 is 3.27. The van der Waals surface area contributed by atoms with Gasteiger partial charge in [-0.05, 0) is 29.3 Å². The van der Waals surface area contributed by atoms with Gasteiger partial charge < -0.3 is 4.55 Å². The van der Waals surface area contributed by atoms with Crippen LogP contribution in [0.2, 0.25) is 5.02 Å². The van der Waals surface area contributed by atoms with Gasteiger partial charge in [0.15, 0.2) is 0 Å². The molecule has 0 amide bonds. The van der Waals surface area contributed by atoms with Crippen LogP contribution in [-0.4, -0.2) is 8.76 Å². The molecular weight excluding hydrogens is 198 g/mol. The molecule has 12 heavy (non-hydrogen) atoms. The highest BCUT2D eigenvalue weighted by Crippen LogP contribution is 2.17. The fourth-order valence-corrected chi connectivity index (χ4v) is 1.25. The lowest BCUT2D eigenvalue weighted by Crippen LogP contribution is -1.89. The fraction of sp³-hybridized carbons (Fsp3) is 0. The van der Waals surface area contributed by atoms with Gasteiger partial charge in [-0.15, -0.1) is 0 Å². The minimum atomic E-state index is -2.31. The minimum absolute atomic E-state index is 0.0657. The molecule has 0 spiro atoms. The average Bonchev–Trinajstić information content (AvgIpc) is 2.05. The fourth-order valence-electron chi connectivity index (χ4n) is 0.694. The molecule has 0 aliphatic carbocycles. The number of halogens is 1.